The summed E-state index contributed by atoms with van der Waals surface area (Å²) in [6.07, 6.45) is 1.53. The first kappa shape index (κ1) is 19.3. The Morgan fingerprint density at radius 2 is 2.30 bits per heavy atom. The average Bonchev–Trinajstić information content (AvgIpc) is 3.27. The van der Waals surface area contributed by atoms with Crippen molar-refractivity contribution >= 4 is 23.4 Å². The van der Waals surface area contributed by atoms with E-state index in [9.17, 15) is 19.2 Å². The van der Waals surface area contributed by atoms with Crippen LogP contribution in [0.3, 0.4) is 0 Å². The molecule has 7 nitrogen and oxygen atoms in total. The van der Waals surface area contributed by atoms with Crippen LogP contribution in [0.2, 0.25) is 0 Å². The number of fused-ring (bicyclic) bond motifs is 1. The van der Waals surface area contributed by atoms with Gasteiger partial charge in [-0.1, -0.05) is 31.9 Å². The highest BCUT2D eigenvalue weighted by Crippen LogP contribution is 2.34. The summed E-state index contributed by atoms with van der Waals surface area (Å²) in [5, 5.41) is 10.0. The molecule has 27 heavy (non-hydrogen) atoms. The molecule has 2 aromatic rings. The van der Waals surface area contributed by atoms with E-state index in [1.54, 1.807) is 0 Å². The largest absolute Gasteiger partial charge is 0.340 e. The van der Waals surface area contributed by atoms with Gasteiger partial charge < -0.3 is 9.88 Å². The Morgan fingerprint density at radius 3 is 3.00 bits per heavy atom. The Hall–Kier alpha value is -2.48. The number of carbonyl (C=O) groups is 2. The van der Waals surface area contributed by atoms with E-state index in [-0.39, 0.29) is 31.8 Å². The number of carbonyl (C=O) groups excluding carboxylic acids is 2. The molecule has 146 valence electrons. The summed E-state index contributed by atoms with van der Waals surface area (Å²) >= 11 is 0. The fourth-order valence-corrected chi connectivity index (χ4v) is 3.66. The maximum absolute atomic E-state index is 14.2. The number of benzene rings is 1. The van der Waals surface area contributed by atoms with Crippen molar-refractivity contribution in [2.75, 3.05) is 13.1 Å². The van der Waals surface area contributed by atoms with Crippen molar-refractivity contribution in [2.45, 2.75) is 44.8 Å². The number of likely N-dealkylation sites (tertiary alicyclic amines) is 1. The first-order valence-electron chi connectivity index (χ1n) is 9.33. The van der Waals surface area contributed by atoms with Gasteiger partial charge in [0.1, 0.15) is 12.0 Å². The molecule has 2 N–H and O–H groups in total. The van der Waals surface area contributed by atoms with Crippen LogP contribution in [0.4, 0.5) is 4.39 Å². The van der Waals surface area contributed by atoms with Gasteiger partial charge in [-0.3, -0.25) is 14.8 Å². The number of halogens is 1. The molecule has 8 heteroatoms. The second-order valence-electron chi connectivity index (χ2n) is 7.05. The molecule has 0 radical (unpaired) electrons. The lowest BCUT2D eigenvalue weighted by Crippen LogP contribution is -2.41. The monoisotopic (exact) mass is 376 g/mol. The molecule has 0 saturated carbocycles. The van der Waals surface area contributed by atoms with Gasteiger partial charge in [-0.15, -0.1) is 0 Å². The van der Waals surface area contributed by atoms with E-state index in [0.29, 0.717) is 17.3 Å². The molecule has 1 aromatic heterocycles. The molecule has 0 unspecified atom stereocenters. The smallest absolute Gasteiger partial charge is 0.233 e. The van der Waals surface area contributed by atoms with Crippen molar-refractivity contribution in [2.24, 2.45) is 5.92 Å². The normalized spacial score (nSPS) is 20.8. The predicted octanol–water partition coefficient (Wildman–Crippen LogP) is 2.83. The third-order valence-corrected chi connectivity index (χ3v) is 5.04. The Morgan fingerprint density at radius 1 is 1.52 bits per heavy atom. The van der Waals surface area contributed by atoms with Crippen molar-refractivity contribution in [1.29, 1.82) is 0 Å². The summed E-state index contributed by atoms with van der Waals surface area (Å²) in [4.78, 5) is 33.1. The van der Waals surface area contributed by atoms with Crippen LogP contribution in [-0.2, 0) is 9.59 Å². The highest BCUT2D eigenvalue weighted by Gasteiger charge is 2.40. The van der Waals surface area contributed by atoms with Gasteiger partial charge in [0, 0.05) is 6.42 Å². The van der Waals surface area contributed by atoms with Gasteiger partial charge in [0.05, 0.1) is 36.1 Å². The Balaban J connectivity index is 1.84. The number of unbranched alkanes of at least 4 members (excludes halogenated alkanes) is 1. The summed E-state index contributed by atoms with van der Waals surface area (Å²) in [5.41, 5.74) is 1.61. The summed E-state index contributed by atoms with van der Waals surface area (Å²) in [5.74, 6) is -0.262. The fraction of sp³-hybridized carbons (Fsp3) is 0.526. The number of nitrogens with one attached hydrogen (secondary N) is 1. The Bertz CT molecular complexity index is 763. The van der Waals surface area contributed by atoms with Crippen LogP contribution < -0.4 is 0 Å². The molecular weight excluding hydrogens is 351 g/mol. The van der Waals surface area contributed by atoms with Crippen molar-refractivity contribution < 1.29 is 19.2 Å². The van der Waals surface area contributed by atoms with Crippen LogP contribution in [0, 0.1) is 5.92 Å². The van der Waals surface area contributed by atoms with E-state index in [1.807, 2.05) is 31.2 Å². The molecular formula is C19H25FN4O3. The standard InChI is InChI=1S/C19H25FN4O3/c1-2-3-6-13(10-23(27)12-25)19(26)24-11-14(20)9-17(24)18-21-15-7-4-5-8-16(15)22-18/h4-5,7-8,12-14,17,27H,2-3,6,9-11H2,1H3,(H,21,22)/t13-,14-,17+/m1/s1. The Labute approximate surface area is 157 Å². The number of hydroxylamine groups is 2. The van der Waals surface area contributed by atoms with Gasteiger partial charge in [0.25, 0.3) is 0 Å². The van der Waals surface area contributed by atoms with Gasteiger partial charge in [0.2, 0.25) is 12.3 Å². The van der Waals surface area contributed by atoms with Gasteiger partial charge in [-0.25, -0.2) is 14.4 Å². The van der Waals surface area contributed by atoms with Crippen LogP contribution in [0.15, 0.2) is 24.3 Å². The van der Waals surface area contributed by atoms with Crippen molar-refractivity contribution in [3.8, 4) is 0 Å². The highest BCUT2D eigenvalue weighted by atomic mass is 19.1. The van der Waals surface area contributed by atoms with E-state index in [0.717, 1.165) is 23.9 Å². The number of amides is 2. The molecule has 2 heterocycles. The van der Waals surface area contributed by atoms with Crippen molar-refractivity contribution in [1.82, 2.24) is 19.9 Å². The lowest BCUT2D eigenvalue weighted by molar-refractivity contribution is -0.157. The van der Waals surface area contributed by atoms with Crippen LogP contribution in [-0.4, -0.2) is 56.7 Å². The number of aromatic amines is 1. The molecule has 0 bridgehead atoms. The lowest BCUT2D eigenvalue weighted by atomic mass is 9.99. The highest BCUT2D eigenvalue weighted by molar-refractivity contribution is 5.80. The molecule has 1 fully saturated rings. The molecule has 1 aliphatic rings. The number of H-pyrrole nitrogens is 1. The molecule has 0 aliphatic carbocycles. The topological polar surface area (TPSA) is 89.5 Å². The predicted molar refractivity (Wildman–Crippen MR) is 97.6 cm³/mol. The third kappa shape index (κ3) is 4.27. The number of para-hydroxylation sites is 2. The van der Waals surface area contributed by atoms with Crippen LogP contribution in [0.25, 0.3) is 11.0 Å². The molecule has 1 aliphatic heterocycles. The quantitative estimate of drug-likeness (QED) is 0.421. The molecule has 2 amide bonds. The first-order valence-corrected chi connectivity index (χ1v) is 9.33. The number of hydrogen-bond donors (Lipinski definition) is 2. The zero-order valence-electron chi connectivity index (χ0n) is 15.3. The second-order valence-corrected chi connectivity index (χ2v) is 7.05. The van der Waals surface area contributed by atoms with Gasteiger partial charge in [0.15, 0.2) is 0 Å². The summed E-state index contributed by atoms with van der Waals surface area (Å²) < 4.78 is 14.2. The zero-order valence-corrected chi connectivity index (χ0v) is 15.3. The molecule has 3 atom stereocenters. The number of aromatic nitrogens is 2. The minimum atomic E-state index is -1.13. The maximum Gasteiger partial charge on any atom is 0.233 e. The Kier molecular flexibility index (Phi) is 6.05. The first-order chi connectivity index (χ1) is 13.0. The summed E-state index contributed by atoms with van der Waals surface area (Å²) in [7, 11) is 0. The number of nitrogens with zero attached hydrogens (tertiary/aromatic N) is 3. The van der Waals surface area contributed by atoms with Gasteiger partial charge in [-0.05, 0) is 18.6 Å². The molecule has 0 spiro atoms. The summed E-state index contributed by atoms with van der Waals surface area (Å²) in [6.45, 7) is 1.90. The van der Waals surface area contributed by atoms with E-state index >= 15 is 0 Å². The number of hydrogen-bond acceptors (Lipinski definition) is 4. The third-order valence-electron chi connectivity index (χ3n) is 5.04. The number of imidazole rings is 1. The zero-order chi connectivity index (χ0) is 19.4. The van der Waals surface area contributed by atoms with E-state index < -0.39 is 18.1 Å². The van der Waals surface area contributed by atoms with Gasteiger partial charge >= 0.3 is 0 Å². The number of alkyl halides is 1. The van der Waals surface area contributed by atoms with E-state index in [1.165, 1.54) is 4.90 Å². The molecule has 1 saturated heterocycles. The minimum Gasteiger partial charge on any atom is -0.340 e. The number of rotatable bonds is 8. The van der Waals surface area contributed by atoms with Crippen LogP contribution in [0.5, 0.6) is 0 Å². The van der Waals surface area contributed by atoms with Crippen LogP contribution >= 0.6 is 0 Å². The minimum absolute atomic E-state index is 0.00428. The average molecular weight is 376 g/mol. The maximum atomic E-state index is 14.2. The van der Waals surface area contributed by atoms with Crippen molar-refractivity contribution in [3.63, 3.8) is 0 Å². The molecule has 1 aromatic carbocycles. The van der Waals surface area contributed by atoms with Crippen LogP contribution in [0.1, 0.15) is 44.5 Å². The van der Waals surface area contributed by atoms with Gasteiger partial charge in [-0.2, -0.15) is 0 Å². The van der Waals surface area contributed by atoms with E-state index in [4.69, 9.17) is 0 Å². The SMILES string of the molecule is CCCC[C@H](CN(O)C=O)C(=O)N1C[C@H](F)C[C@H]1c1nc2ccccc2[nH]1. The van der Waals surface area contributed by atoms with Crippen molar-refractivity contribution in [3.05, 3.63) is 30.1 Å². The molecule has 3 rings (SSSR count). The summed E-state index contributed by atoms with van der Waals surface area (Å²) in [6, 6.07) is 7.03. The van der Waals surface area contributed by atoms with E-state index in [2.05, 4.69) is 9.97 Å². The lowest BCUT2D eigenvalue weighted by Gasteiger charge is -2.28. The fourth-order valence-electron chi connectivity index (χ4n) is 3.66. The second kappa shape index (κ2) is 8.47.